The number of methoxy groups -OCH3 is 1. The van der Waals surface area contributed by atoms with Crippen LogP contribution < -0.4 is 4.74 Å². The number of hydrogen-bond donors (Lipinski definition) is 0. The molecule has 0 spiro atoms. The fourth-order valence-corrected chi connectivity index (χ4v) is 4.78. The lowest BCUT2D eigenvalue weighted by atomic mass is 9.91. The van der Waals surface area contributed by atoms with E-state index in [-0.39, 0.29) is 0 Å². The minimum absolute atomic E-state index is 0.507. The summed E-state index contributed by atoms with van der Waals surface area (Å²) < 4.78 is 17.4. The number of carbonyl (C=O) groups is 2. The van der Waals surface area contributed by atoms with Crippen LogP contribution in [0.4, 0.5) is 0 Å². The Morgan fingerprint density at radius 3 is 1.05 bits per heavy atom. The van der Waals surface area contributed by atoms with E-state index in [0.29, 0.717) is 11.3 Å². The van der Waals surface area contributed by atoms with Gasteiger partial charge in [0.05, 0.1) is 7.11 Å². The van der Waals surface area contributed by atoms with E-state index in [1.165, 1.54) is 0 Å². The van der Waals surface area contributed by atoms with Crippen molar-refractivity contribution in [2.24, 2.45) is 0 Å². The summed E-state index contributed by atoms with van der Waals surface area (Å²) in [6.45, 7) is 0. The zero-order valence-corrected chi connectivity index (χ0v) is 22.6. The SMILES string of the molecule is COc1ccc(C(OC(=O)C(c2ccccc2)c2ccccc2)OC(=O)C(c2ccccc2)c2ccccc2)cc1. The Bertz CT molecular complexity index is 1360. The molecule has 204 valence electrons. The Kier molecular flexibility index (Phi) is 8.87. The average Bonchev–Trinajstić information content (AvgIpc) is 3.03. The molecule has 0 saturated carbocycles. The van der Waals surface area contributed by atoms with E-state index >= 15 is 0 Å². The van der Waals surface area contributed by atoms with Crippen molar-refractivity contribution in [2.45, 2.75) is 18.1 Å². The number of carbonyl (C=O) groups excluding carboxylic acids is 2. The van der Waals surface area contributed by atoms with Crippen LogP contribution in [-0.2, 0) is 19.1 Å². The van der Waals surface area contributed by atoms with Crippen LogP contribution in [0.5, 0.6) is 5.75 Å². The fourth-order valence-electron chi connectivity index (χ4n) is 4.78. The second kappa shape index (κ2) is 13.3. The zero-order chi connectivity index (χ0) is 28.4. The first-order valence-corrected chi connectivity index (χ1v) is 13.4. The standard InChI is InChI=1S/C36H30O5/c1-39-31-24-22-30(23-25-31)36(40-34(37)32(26-14-6-2-7-15-26)27-16-8-3-9-17-27)41-35(38)33(28-18-10-4-11-19-28)29-20-12-5-13-21-29/h2-25,32-33,36H,1H3. The van der Waals surface area contributed by atoms with Crippen molar-refractivity contribution in [1.29, 1.82) is 0 Å². The third-order valence-electron chi connectivity index (χ3n) is 6.84. The van der Waals surface area contributed by atoms with Gasteiger partial charge in [-0.2, -0.15) is 0 Å². The van der Waals surface area contributed by atoms with Gasteiger partial charge in [0.15, 0.2) is 0 Å². The summed E-state index contributed by atoms with van der Waals surface area (Å²) in [5, 5.41) is 0. The summed E-state index contributed by atoms with van der Waals surface area (Å²) in [5.74, 6) is -1.87. The van der Waals surface area contributed by atoms with E-state index in [1.807, 2.05) is 121 Å². The molecule has 0 aliphatic heterocycles. The summed E-state index contributed by atoms with van der Waals surface area (Å²) in [6.07, 6.45) is -1.29. The van der Waals surface area contributed by atoms with E-state index in [2.05, 4.69) is 0 Å². The van der Waals surface area contributed by atoms with Crippen molar-refractivity contribution >= 4 is 11.9 Å². The van der Waals surface area contributed by atoms with E-state index in [0.717, 1.165) is 22.3 Å². The van der Waals surface area contributed by atoms with Gasteiger partial charge >= 0.3 is 11.9 Å². The lowest BCUT2D eigenvalue weighted by Crippen LogP contribution is -2.26. The molecule has 0 radical (unpaired) electrons. The molecular weight excluding hydrogens is 512 g/mol. The molecule has 5 rings (SSSR count). The highest BCUT2D eigenvalue weighted by atomic mass is 16.7. The molecule has 0 atom stereocenters. The molecule has 5 nitrogen and oxygen atoms in total. The molecule has 0 aromatic heterocycles. The summed E-state index contributed by atoms with van der Waals surface area (Å²) in [7, 11) is 1.57. The molecule has 41 heavy (non-hydrogen) atoms. The van der Waals surface area contributed by atoms with Crippen molar-refractivity contribution in [2.75, 3.05) is 7.11 Å². The molecule has 5 heteroatoms. The minimum atomic E-state index is -1.29. The molecule has 0 aliphatic rings. The molecular formula is C36H30O5. The zero-order valence-electron chi connectivity index (χ0n) is 22.6. The predicted octanol–water partition coefficient (Wildman–Crippen LogP) is 7.44. The van der Waals surface area contributed by atoms with Gasteiger partial charge in [0, 0.05) is 5.56 Å². The van der Waals surface area contributed by atoms with Gasteiger partial charge in [-0.15, -0.1) is 0 Å². The summed E-state index contributed by atoms with van der Waals surface area (Å²) in [5.41, 5.74) is 3.60. The van der Waals surface area contributed by atoms with Crippen LogP contribution in [0.2, 0.25) is 0 Å². The van der Waals surface area contributed by atoms with E-state index in [4.69, 9.17) is 14.2 Å². The number of ether oxygens (including phenoxy) is 3. The molecule has 0 heterocycles. The molecule has 0 amide bonds. The maximum atomic E-state index is 13.9. The first-order valence-electron chi connectivity index (χ1n) is 13.4. The largest absolute Gasteiger partial charge is 0.497 e. The van der Waals surface area contributed by atoms with Crippen LogP contribution in [0.3, 0.4) is 0 Å². The van der Waals surface area contributed by atoms with Crippen LogP contribution in [0.1, 0.15) is 45.9 Å². The molecule has 0 fully saturated rings. The maximum Gasteiger partial charge on any atom is 0.321 e. The number of esters is 2. The van der Waals surface area contributed by atoms with Crippen LogP contribution in [0.15, 0.2) is 146 Å². The van der Waals surface area contributed by atoms with Crippen LogP contribution in [-0.4, -0.2) is 19.0 Å². The highest BCUT2D eigenvalue weighted by Crippen LogP contribution is 2.33. The Hall–Kier alpha value is -5.16. The van der Waals surface area contributed by atoms with Crippen LogP contribution >= 0.6 is 0 Å². The first kappa shape index (κ1) is 27.4. The maximum absolute atomic E-state index is 13.9. The Morgan fingerprint density at radius 1 is 0.439 bits per heavy atom. The van der Waals surface area contributed by atoms with E-state index < -0.39 is 30.1 Å². The summed E-state index contributed by atoms with van der Waals surface area (Å²) in [6, 6.07) is 44.6. The number of hydrogen-bond acceptors (Lipinski definition) is 5. The minimum Gasteiger partial charge on any atom is -0.497 e. The molecule has 0 unspecified atom stereocenters. The summed E-state index contributed by atoms with van der Waals surface area (Å²) >= 11 is 0. The number of benzene rings is 5. The average molecular weight is 543 g/mol. The van der Waals surface area contributed by atoms with Crippen molar-refractivity contribution in [3.8, 4) is 5.75 Å². The molecule has 0 saturated heterocycles. The quantitative estimate of drug-likeness (QED) is 0.136. The lowest BCUT2D eigenvalue weighted by Gasteiger charge is -2.25. The molecule has 0 aliphatic carbocycles. The van der Waals surface area contributed by atoms with Crippen molar-refractivity contribution in [1.82, 2.24) is 0 Å². The van der Waals surface area contributed by atoms with Gasteiger partial charge in [0.1, 0.15) is 17.6 Å². The molecule has 5 aromatic rings. The Labute approximate surface area is 240 Å². The van der Waals surface area contributed by atoms with Crippen LogP contribution in [0.25, 0.3) is 0 Å². The highest BCUT2D eigenvalue weighted by Gasteiger charge is 2.32. The normalized spacial score (nSPS) is 10.9. The number of rotatable bonds is 10. The topological polar surface area (TPSA) is 61.8 Å². The van der Waals surface area contributed by atoms with Gasteiger partial charge in [0.25, 0.3) is 6.29 Å². The molecule has 0 bridgehead atoms. The third-order valence-corrected chi connectivity index (χ3v) is 6.84. The monoisotopic (exact) mass is 542 g/mol. The van der Waals surface area contributed by atoms with Crippen molar-refractivity contribution in [3.05, 3.63) is 173 Å². The first-order chi connectivity index (χ1) is 20.1. The van der Waals surface area contributed by atoms with Crippen LogP contribution in [0, 0.1) is 0 Å². The summed E-state index contributed by atoms with van der Waals surface area (Å²) in [4.78, 5) is 27.8. The highest BCUT2D eigenvalue weighted by molar-refractivity contribution is 5.84. The third kappa shape index (κ3) is 6.71. The van der Waals surface area contributed by atoms with Gasteiger partial charge in [-0.1, -0.05) is 121 Å². The van der Waals surface area contributed by atoms with Gasteiger partial charge in [0.2, 0.25) is 0 Å². The van der Waals surface area contributed by atoms with Crippen molar-refractivity contribution < 1.29 is 23.8 Å². The molecule has 0 N–H and O–H groups in total. The van der Waals surface area contributed by atoms with Crippen molar-refractivity contribution in [3.63, 3.8) is 0 Å². The second-order valence-electron chi connectivity index (χ2n) is 9.49. The predicted molar refractivity (Wildman–Crippen MR) is 157 cm³/mol. The van der Waals surface area contributed by atoms with Gasteiger partial charge in [-0.25, -0.2) is 0 Å². The molecule has 5 aromatic carbocycles. The van der Waals surface area contributed by atoms with Gasteiger partial charge < -0.3 is 14.2 Å². The Balaban J connectivity index is 1.50. The van der Waals surface area contributed by atoms with Gasteiger partial charge in [-0.05, 0) is 46.5 Å². The van der Waals surface area contributed by atoms with Gasteiger partial charge in [-0.3, -0.25) is 9.59 Å². The lowest BCUT2D eigenvalue weighted by molar-refractivity contribution is -0.190. The van der Waals surface area contributed by atoms with E-state index in [9.17, 15) is 9.59 Å². The smallest absolute Gasteiger partial charge is 0.321 e. The Morgan fingerprint density at radius 2 is 0.756 bits per heavy atom. The second-order valence-corrected chi connectivity index (χ2v) is 9.49. The fraction of sp³-hybridized carbons (Fsp3) is 0.111. The van der Waals surface area contributed by atoms with E-state index in [1.54, 1.807) is 31.4 Å².